The van der Waals surface area contributed by atoms with Crippen LogP contribution in [0.25, 0.3) is 0 Å². The number of nitro benzene ring substituents is 1. The summed E-state index contributed by atoms with van der Waals surface area (Å²) in [6.45, 7) is 7.63. The summed E-state index contributed by atoms with van der Waals surface area (Å²) in [5.41, 5.74) is 2.03. The zero-order valence-corrected chi connectivity index (χ0v) is 16.2. The molecule has 27 heavy (non-hydrogen) atoms. The molecule has 0 unspecified atom stereocenters. The predicted molar refractivity (Wildman–Crippen MR) is 99.8 cm³/mol. The number of hydrogen-bond acceptors (Lipinski definition) is 6. The number of hydrogen-bond donors (Lipinski definition) is 0. The molecule has 0 atom stereocenters. The number of aromatic nitrogens is 2. The number of nitrogens with zero attached hydrogens (tertiary/aromatic N) is 5. The first-order valence-electron chi connectivity index (χ1n) is 8.81. The van der Waals surface area contributed by atoms with Crippen molar-refractivity contribution >= 4 is 15.7 Å². The van der Waals surface area contributed by atoms with Crippen LogP contribution in [0, 0.1) is 17.0 Å². The van der Waals surface area contributed by atoms with Crippen molar-refractivity contribution in [2.75, 3.05) is 26.2 Å². The van der Waals surface area contributed by atoms with Crippen molar-refractivity contribution < 1.29 is 13.3 Å². The molecule has 2 aromatic rings. The highest BCUT2D eigenvalue weighted by Gasteiger charge is 2.29. The van der Waals surface area contributed by atoms with Crippen molar-refractivity contribution in [2.24, 2.45) is 0 Å². The average molecular weight is 393 g/mol. The molecule has 1 aromatic carbocycles. The minimum absolute atomic E-state index is 0.0848. The molecule has 1 aliphatic rings. The maximum atomic E-state index is 12.8. The Kier molecular flexibility index (Phi) is 5.59. The Morgan fingerprint density at radius 1 is 1.15 bits per heavy atom. The van der Waals surface area contributed by atoms with Gasteiger partial charge in [0.05, 0.1) is 15.5 Å². The van der Waals surface area contributed by atoms with Crippen LogP contribution in [0.3, 0.4) is 0 Å². The van der Waals surface area contributed by atoms with Crippen LogP contribution in [0.1, 0.15) is 18.2 Å². The van der Waals surface area contributed by atoms with Crippen molar-refractivity contribution in [2.45, 2.75) is 31.8 Å². The van der Waals surface area contributed by atoms with Crippen LogP contribution >= 0.6 is 0 Å². The summed E-state index contributed by atoms with van der Waals surface area (Å²) in [7, 11) is -3.64. The third-order valence-corrected chi connectivity index (χ3v) is 6.70. The monoisotopic (exact) mass is 393 g/mol. The summed E-state index contributed by atoms with van der Waals surface area (Å²) in [5, 5.41) is 15.2. The Morgan fingerprint density at radius 2 is 1.78 bits per heavy atom. The highest BCUT2D eigenvalue weighted by Crippen LogP contribution is 2.21. The number of rotatable bonds is 6. The zero-order chi connectivity index (χ0) is 19.6. The smallest absolute Gasteiger partial charge is 0.269 e. The highest BCUT2D eigenvalue weighted by molar-refractivity contribution is 7.89. The summed E-state index contributed by atoms with van der Waals surface area (Å²) in [6, 6.07) is 5.03. The molecular weight excluding hydrogens is 370 g/mol. The molecule has 1 fully saturated rings. The maximum Gasteiger partial charge on any atom is 0.269 e. The van der Waals surface area contributed by atoms with E-state index in [0.717, 1.165) is 24.3 Å². The van der Waals surface area contributed by atoms with Crippen molar-refractivity contribution in [1.82, 2.24) is 19.0 Å². The summed E-state index contributed by atoms with van der Waals surface area (Å²) >= 11 is 0. The number of nitro groups is 1. The van der Waals surface area contributed by atoms with Gasteiger partial charge in [-0.3, -0.25) is 19.7 Å². The van der Waals surface area contributed by atoms with Gasteiger partial charge in [0.25, 0.3) is 5.69 Å². The van der Waals surface area contributed by atoms with Crippen LogP contribution in [0.15, 0.2) is 35.4 Å². The van der Waals surface area contributed by atoms with Crippen molar-refractivity contribution in [3.05, 3.63) is 51.8 Å². The lowest BCUT2D eigenvalue weighted by Crippen LogP contribution is -2.48. The van der Waals surface area contributed by atoms with Gasteiger partial charge in [0.15, 0.2) is 0 Å². The molecule has 0 N–H and O–H groups in total. The molecule has 0 amide bonds. The third kappa shape index (κ3) is 4.18. The van der Waals surface area contributed by atoms with Gasteiger partial charge in [0.1, 0.15) is 0 Å². The number of sulfonamides is 1. The van der Waals surface area contributed by atoms with Crippen molar-refractivity contribution in [1.29, 1.82) is 0 Å². The zero-order valence-electron chi connectivity index (χ0n) is 15.4. The van der Waals surface area contributed by atoms with Crippen LogP contribution in [0.5, 0.6) is 0 Å². The first-order chi connectivity index (χ1) is 12.8. The van der Waals surface area contributed by atoms with E-state index in [1.54, 1.807) is 0 Å². The SMILES string of the molecule is CCn1cc(CN2CCN(S(=O)(=O)c3ccc([N+](=O)[O-])cc3)CC2)c(C)n1. The van der Waals surface area contributed by atoms with E-state index in [-0.39, 0.29) is 10.6 Å². The summed E-state index contributed by atoms with van der Waals surface area (Å²) in [6.07, 6.45) is 2.04. The van der Waals surface area contributed by atoms with Crippen LogP contribution in [-0.4, -0.2) is 58.5 Å². The fourth-order valence-electron chi connectivity index (χ4n) is 3.13. The number of benzene rings is 1. The fourth-order valence-corrected chi connectivity index (χ4v) is 4.56. The van der Waals surface area contributed by atoms with Crippen LogP contribution < -0.4 is 0 Å². The van der Waals surface area contributed by atoms with Gasteiger partial charge >= 0.3 is 0 Å². The number of piperazine rings is 1. The second-order valence-electron chi connectivity index (χ2n) is 6.53. The number of aryl methyl sites for hydroxylation is 2. The molecule has 9 nitrogen and oxygen atoms in total. The minimum atomic E-state index is -3.64. The van der Waals surface area contributed by atoms with Gasteiger partial charge in [0, 0.05) is 63.2 Å². The second kappa shape index (κ2) is 7.75. The summed E-state index contributed by atoms with van der Waals surface area (Å²) in [5.74, 6) is 0. The van der Waals surface area contributed by atoms with Gasteiger partial charge in [-0.25, -0.2) is 8.42 Å². The van der Waals surface area contributed by atoms with E-state index in [1.165, 1.54) is 28.6 Å². The lowest BCUT2D eigenvalue weighted by molar-refractivity contribution is -0.384. The average Bonchev–Trinajstić information content (AvgIpc) is 3.02. The largest absolute Gasteiger partial charge is 0.296 e. The Hall–Kier alpha value is -2.30. The molecule has 0 saturated carbocycles. The molecule has 0 spiro atoms. The molecule has 0 radical (unpaired) electrons. The molecular formula is C17H23N5O4S. The highest BCUT2D eigenvalue weighted by atomic mass is 32.2. The normalized spacial score (nSPS) is 16.5. The Balaban J connectivity index is 1.63. The minimum Gasteiger partial charge on any atom is -0.296 e. The maximum absolute atomic E-state index is 12.8. The topological polar surface area (TPSA) is 102 Å². The van der Waals surface area contributed by atoms with Gasteiger partial charge in [0.2, 0.25) is 10.0 Å². The second-order valence-corrected chi connectivity index (χ2v) is 8.46. The molecule has 1 aromatic heterocycles. The number of non-ortho nitro benzene ring substituents is 1. The van der Waals surface area contributed by atoms with E-state index in [1.807, 2.05) is 24.7 Å². The quantitative estimate of drug-likeness (QED) is 0.546. The van der Waals surface area contributed by atoms with E-state index < -0.39 is 14.9 Å². The molecule has 10 heteroatoms. The van der Waals surface area contributed by atoms with Crippen molar-refractivity contribution in [3.63, 3.8) is 0 Å². The van der Waals surface area contributed by atoms with Gasteiger partial charge < -0.3 is 0 Å². The summed E-state index contributed by atoms with van der Waals surface area (Å²) in [4.78, 5) is 12.5. The summed E-state index contributed by atoms with van der Waals surface area (Å²) < 4.78 is 28.8. The van der Waals surface area contributed by atoms with Crippen LogP contribution in [0.2, 0.25) is 0 Å². The van der Waals surface area contributed by atoms with E-state index in [2.05, 4.69) is 10.00 Å². The van der Waals surface area contributed by atoms with E-state index >= 15 is 0 Å². The van der Waals surface area contributed by atoms with Crippen LogP contribution in [0.4, 0.5) is 5.69 Å². The molecule has 0 aliphatic carbocycles. The first kappa shape index (κ1) is 19.5. The van der Waals surface area contributed by atoms with Gasteiger partial charge in [-0.1, -0.05) is 0 Å². The predicted octanol–water partition coefficient (Wildman–Crippen LogP) is 1.63. The standard InChI is InChI=1S/C17H23N5O4S/c1-3-20-13-15(14(2)18-20)12-19-8-10-21(11-9-19)27(25,26)17-6-4-16(5-7-17)22(23)24/h4-7,13H,3,8-12H2,1-2H3. The molecule has 1 saturated heterocycles. The lowest BCUT2D eigenvalue weighted by Gasteiger charge is -2.33. The molecule has 3 rings (SSSR count). The first-order valence-corrected chi connectivity index (χ1v) is 10.2. The fraction of sp³-hybridized carbons (Fsp3) is 0.471. The third-order valence-electron chi connectivity index (χ3n) is 4.78. The van der Waals surface area contributed by atoms with Crippen molar-refractivity contribution in [3.8, 4) is 0 Å². The van der Waals surface area contributed by atoms with Gasteiger partial charge in [-0.2, -0.15) is 9.40 Å². The Morgan fingerprint density at radius 3 is 2.30 bits per heavy atom. The molecule has 146 valence electrons. The van der Waals surface area contributed by atoms with Gasteiger partial charge in [-0.15, -0.1) is 0 Å². The van der Waals surface area contributed by atoms with E-state index in [9.17, 15) is 18.5 Å². The Bertz CT molecular complexity index is 915. The van der Waals surface area contributed by atoms with E-state index in [0.29, 0.717) is 26.2 Å². The molecule has 2 heterocycles. The van der Waals surface area contributed by atoms with E-state index in [4.69, 9.17) is 0 Å². The molecule has 0 bridgehead atoms. The van der Waals surface area contributed by atoms with Crippen LogP contribution in [-0.2, 0) is 23.1 Å². The van der Waals surface area contributed by atoms with Gasteiger partial charge in [-0.05, 0) is 26.0 Å². The molecule has 1 aliphatic heterocycles. The Labute approximate surface area is 158 Å². The lowest BCUT2D eigenvalue weighted by atomic mass is 10.2.